The zero-order valence-electron chi connectivity index (χ0n) is 11.3. The summed E-state index contributed by atoms with van der Waals surface area (Å²) in [5.41, 5.74) is 1.14. The van der Waals surface area contributed by atoms with Gasteiger partial charge >= 0.3 is 0 Å². The second-order valence-electron chi connectivity index (χ2n) is 3.90. The third-order valence-electron chi connectivity index (χ3n) is 2.49. The molecule has 18 heavy (non-hydrogen) atoms. The summed E-state index contributed by atoms with van der Waals surface area (Å²) in [5, 5.41) is 3.30. The van der Waals surface area contributed by atoms with Gasteiger partial charge in [0.2, 0.25) is 0 Å². The van der Waals surface area contributed by atoms with E-state index in [0.717, 1.165) is 37.4 Å². The number of hydrogen-bond donors (Lipinski definition) is 1. The highest BCUT2D eigenvalue weighted by Gasteiger charge is 1.97. The quantitative estimate of drug-likeness (QED) is 0.683. The first-order chi connectivity index (χ1) is 8.88. The molecule has 0 aliphatic rings. The van der Waals surface area contributed by atoms with Crippen molar-refractivity contribution in [1.29, 1.82) is 0 Å². The fourth-order valence-corrected chi connectivity index (χ4v) is 1.60. The fraction of sp³-hybridized carbons (Fsp3) is 0.467. The van der Waals surface area contributed by atoms with E-state index in [1.165, 1.54) is 0 Å². The maximum atomic E-state index is 5.56. The van der Waals surface area contributed by atoms with Crippen LogP contribution in [0, 0.1) is 0 Å². The van der Waals surface area contributed by atoms with Gasteiger partial charge in [-0.25, -0.2) is 0 Å². The molecule has 0 aromatic heterocycles. The van der Waals surface area contributed by atoms with Gasteiger partial charge in [-0.2, -0.15) is 0 Å². The highest BCUT2D eigenvalue weighted by molar-refractivity contribution is 5.57. The van der Waals surface area contributed by atoms with E-state index in [9.17, 15) is 0 Å². The second kappa shape index (κ2) is 9.68. The highest BCUT2D eigenvalue weighted by atomic mass is 16.5. The molecule has 0 amide bonds. The van der Waals surface area contributed by atoms with Crippen LogP contribution in [0.1, 0.15) is 18.9 Å². The van der Waals surface area contributed by atoms with Crippen LogP contribution in [0.5, 0.6) is 5.75 Å². The van der Waals surface area contributed by atoms with Crippen LogP contribution >= 0.6 is 0 Å². The van der Waals surface area contributed by atoms with Crippen LogP contribution in [0.4, 0.5) is 0 Å². The van der Waals surface area contributed by atoms with Crippen LogP contribution in [0.2, 0.25) is 0 Å². The van der Waals surface area contributed by atoms with Crippen LogP contribution in [0.15, 0.2) is 30.3 Å². The van der Waals surface area contributed by atoms with Crippen molar-refractivity contribution in [3.63, 3.8) is 0 Å². The normalized spacial score (nSPS) is 11.0. The van der Waals surface area contributed by atoms with Crippen LogP contribution in [-0.4, -0.2) is 33.4 Å². The first-order valence-corrected chi connectivity index (χ1v) is 6.46. The number of hydrogen-bond acceptors (Lipinski definition) is 3. The van der Waals surface area contributed by atoms with Crippen LogP contribution in [0.25, 0.3) is 6.08 Å². The third kappa shape index (κ3) is 5.84. The Bertz CT molecular complexity index is 350. The molecular formula is C15H23NO2. The largest absolute Gasteiger partial charge is 0.493 e. The Balaban J connectivity index is 2.32. The maximum absolute atomic E-state index is 5.56. The average molecular weight is 249 g/mol. The van der Waals surface area contributed by atoms with Gasteiger partial charge < -0.3 is 14.8 Å². The van der Waals surface area contributed by atoms with Gasteiger partial charge in [0.05, 0.1) is 13.2 Å². The zero-order chi connectivity index (χ0) is 13.1. The standard InChI is InChI=1S/C15H23NO2/c1-3-18-15-10-5-4-8-14(15)9-6-7-11-16-12-13-17-2/h4-6,8-10,16H,3,7,11-13H2,1-2H3. The topological polar surface area (TPSA) is 30.5 Å². The number of rotatable bonds is 9. The molecule has 0 spiro atoms. The van der Waals surface area contributed by atoms with E-state index in [1.807, 2.05) is 25.1 Å². The Morgan fingerprint density at radius 3 is 2.83 bits per heavy atom. The maximum Gasteiger partial charge on any atom is 0.126 e. The first kappa shape index (κ1) is 14.7. The van der Waals surface area contributed by atoms with E-state index in [1.54, 1.807) is 7.11 Å². The molecule has 100 valence electrons. The molecule has 0 atom stereocenters. The van der Waals surface area contributed by atoms with E-state index in [-0.39, 0.29) is 0 Å². The summed E-state index contributed by atoms with van der Waals surface area (Å²) >= 11 is 0. The van der Waals surface area contributed by atoms with Gasteiger partial charge in [-0.05, 0) is 26.0 Å². The zero-order valence-corrected chi connectivity index (χ0v) is 11.3. The number of ether oxygens (including phenoxy) is 2. The molecule has 0 unspecified atom stereocenters. The molecule has 1 rings (SSSR count). The molecule has 1 aromatic carbocycles. The summed E-state index contributed by atoms with van der Waals surface area (Å²) in [6.45, 7) is 5.33. The molecule has 1 N–H and O–H groups in total. The molecule has 0 saturated heterocycles. The molecule has 0 bridgehead atoms. The Morgan fingerprint density at radius 2 is 2.06 bits per heavy atom. The van der Waals surface area contributed by atoms with Crippen molar-refractivity contribution in [2.75, 3.05) is 33.4 Å². The summed E-state index contributed by atoms with van der Waals surface area (Å²) in [6.07, 6.45) is 5.28. The minimum Gasteiger partial charge on any atom is -0.493 e. The van der Waals surface area contributed by atoms with Crippen molar-refractivity contribution in [3.05, 3.63) is 35.9 Å². The van der Waals surface area contributed by atoms with Gasteiger partial charge in [0, 0.05) is 19.2 Å². The highest BCUT2D eigenvalue weighted by Crippen LogP contribution is 2.19. The molecule has 0 aliphatic carbocycles. The van der Waals surface area contributed by atoms with Crippen molar-refractivity contribution in [3.8, 4) is 5.75 Å². The lowest BCUT2D eigenvalue weighted by atomic mass is 10.2. The summed E-state index contributed by atoms with van der Waals surface area (Å²) in [7, 11) is 1.71. The molecule has 0 heterocycles. The second-order valence-corrected chi connectivity index (χ2v) is 3.90. The van der Waals surface area contributed by atoms with E-state index < -0.39 is 0 Å². The molecule has 0 saturated carbocycles. The smallest absolute Gasteiger partial charge is 0.126 e. The van der Waals surface area contributed by atoms with Crippen molar-refractivity contribution >= 4 is 6.08 Å². The van der Waals surface area contributed by atoms with Gasteiger partial charge in [0.15, 0.2) is 0 Å². The minimum absolute atomic E-state index is 0.698. The van der Waals surface area contributed by atoms with E-state index >= 15 is 0 Å². The van der Waals surface area contributed by atoms with Gasteiger partial charge in [0.1, 0.15) is 5.75 Å². The van der Waals surface area contributed by atoms with E-state index in [4.69, 9.17) is 9.47 Å². The van der Waals surface area contributed by atoms with Gasteiger partial charge in [-0.15, -0.1) is 0 Å². The molecule has 0 fully saturated rings. The van der Waals surface area contributed by atoms with Crippen molar-refractivity contribution < 1.29 is 9.47 Å². The molecule has 3 nitrogen and oxygen atoms in total. The van der Waals surface area contributed by atoms with Gasteiger partial charge in [-0.1, -0.05) is 30.4 Å². The van der Waals surface area contributed by atoms with Gasteiger partial charge in [-0.3, -0.25) is 0 Å². The molecule has 0 aliphatic heterocycles. The minimum atomic E-state index is 0.698. The Labute approximate surface area is 110 Å². The van der Waals surface area contributed by atoms with Crippen molar-refractivity contribution in [1.82, 2.24) is 5.32 Å². The fourth-order valence-electron chi connectivity index (χ4n) is 1.60. The Hall–Kier alpha value is -1.32. The number of benzene rings is 1. The summed E-state index contributed by atoms with van der Waals surface area (Å²) in [5.74, 6) is 0.948. The number of methoxy groups -OCH3 is 1. The summed E-state index contributed by atoms with van der Waals surface area (Å²) < 4.78 is 10.5. The molecule has 3 heteroatoms. The SMILES string of the molecule is CCOc1ccccc1C=CCCNCCOC. The van der Waals surface area contributed by atoms with Crippen LogP contribution < -0.4 is 10.1 Å². The predicted octanol–water partition coefficient (Wildman–Crippen LogP) is 2.72. The van der Waals surface area contributed by atoms with Crippen LogP contribution in [0.3, 0.4) is 0 Å². The first-order valence-electron chi connectivity index (χ1n) is 6.46. The lowest BCUT2D eigenvalue weighted by Gasteiger charge is -2.06. The predicted molar refractivity (Wildman–Crippen MR) is 76.0 cm³/mol. The Kier molecular flexibility index (Phi) is 7.93. The monoisotopic (exact) mass is 249 g/mol. The van der Waals surface area contributed by atoms with Crippen LogP contribution in [-0.2, 0) is 4.74 Å². The van der Waals surface area contributed by atoms with Gasteiger partial charge in [0.25, 0.3) is 0 Å². The van der Waals surface area contributed by atoms with E-state index in [0.29, 0.717) is 6.61 Å². The van der Waals surface area contributed by atoms with Crippen molar-refractivity contribution in [2.45, 2.75) is 13.3 Å². The lowest BCUT2D eigenvalue weighted by Crippen LogP contribution is -2.19. The van der Waals surface area contributed by atoms with Crippen molar-refractivity contribution in [2.24, 2.45) is 0 Å². The van der Waals surface area contributed by atoms with E-state index in [2.05, 4.69) is 23.5 Å². The molecule has 1 aromatic rings. The lowest BCUT2D eigenvalue weighted by molar-refractivity contribution is 0.199. The Morgan fingerprint density at radius 1 is 1.22 bits per heavy atom. The number of nitrogens with one attached hydrogen (secondary N) is 1. The summed E-state index contributed by atoms with van der Waals surface area (Å²) in [6, 6.07) is 8.09. The molecule has 0 radical (unpaired) electrons. The average Bonchev–Trinajstić information content (AvgIpc) is 2.40. The number of para-hydroxylation sites is 1. The molecular weight excluding hydrogens is 226 g/mol. The summed E-state index contributed by atoms with van der Waals surface area (Å²) in [4.78, 5) is 0. The third-order valence-corrected chi connectivity index (χ3v) is 2.49.